The molecule has 0 bridgehead atoms. The maximum atomic E-state index is 13.6. The number of aryl methyl sites for hydroxylation is 3. The van der Waals surface area contributed by atoms with Crippen LogP contribution in [-0.2, 0) is 19.2 Å². The third kappa shape index (κ3) is 3.54. The van der Waals surface area contributed by atoms with Crippen LogP contribution in [0, 0.1) is 26.7 Å². The normalized spacial score (nSPS) is 24.5. The van der Waals surface area contributed by atoms with E-state index in [4.69, 9.17) is 14.4 Å². The highest BCUT2D eigenvalue weighted by Gasteiger charge is 2.55. The van der Waals surface area contributed by atoms with E-state index in [0.717, 1.165) is 35.3 Å². The Morgan fingerprint density at radius 2 is 1.87 bits per heavy atom. The van der Waals surface area contributed by atoms with Gasteiger partial charge >= 0.3 is 0 Å². The number of aliphatic hydroxyl groups excluding tert-OH is 1. The Morgan fingerprint density at radius 3 is 2.43 bits per heavy atom. The van der Waals surface area contributed by atoms with Crippen LogP contribution in [0.1, 0.15) is 41.5 Å². The number of hydrogen-bond donors (Lipinski definition) is 1. The SMILES string of the molecule is CON1CCC2(CC1)C(O)=C(c1c(C)cc(C)cc1C)C(=O)N2OCC1CCOC1. The molecule has 0 aromatic heterocycles. The average Bonchev–Trinajstić information content (AvgIpc) is 3.29. The average molecular weight is 417 g/mol. The fourth-order valence-corrected chi connectivity index (χ4v) is 5.08. The van der Waals surface area contributed by atoms with Gasteiger partial charge in [0.2, 0.25) is 0 Å². The summed E-state index contributed by atoms with van der Waals surface area (Å²) in [4.78, 5) is 25.1. The third-order valence-corrected chi connectivity index (χ3v) is 6.66. The van der Waals surface area contributed by atoms with Crippen LogP contribution in [0.25, 0.3) is 5.57 Å². The number of amides is 1. The van der Waals surface area contributed by atoms with E-state index in [-0.39, 0.29) is 17.6 Å². The van der Waals surface area contributed by atoms with Gasteiger partial charge in [-0.25, -0.2) is 5.06 Å². The minimum absolute atomic E-state index is 0.126. The van der Waals surface area contributed by atoms with Crippen LogP contribution in [0.5, 0.6) is 0 Å². The molecular weight excluding hydrogens is 384 g/mol. The lowest BCUT2D eigenvalue weighted by molar-refractivity contribution is -0.236. The molecule has 1 N–H and O–H groups in total. The molecule has 7 heteroatoms. The first kappa shape index (κ1) is 21.3. The highest BCUT2D eigenvalue weighted by atomic mass is 16.7. The van der Waals surface area contributed by atoms with Gasteiger partial charge in [-0.2, -0.15) is 5.06 Å². The smallest absolute Gasteiger partial charge is 0.282 e. The van der Waals surface area contributed by atoms with Crippen LogP contribution in [0.15, 0.2) is 17.9 Å². The molecule has 3 aliphatic rings. The van der Waals surface area contributed by atoms with Gasteiger partial charge in [-0.05, 0) is 56.7 Å². The van der Waals surface area contributed by atoms with Crippen molar-refractivity contribution >= 4 is 11.5 Å². The lowest BCUT2D eigenvalue weighted by Gasteiger charge is -2.43. The zero-order chi connectivity index (χ0) is 21.5. The highest BCUT2D eigenvalue weighted by molar-refractivity contribution is 6.23. The molecule has 1 spiro atoms. The van der Waals surface area contributed by atoms with Gasteiger partial charge in [-0.3, -0.25) is 9.63 Å². The summed E-state index contributed by atoms with van der Waals surface area (Å²) in [5.74, 6) is 0.135. The number of carbonyl (C=O) groups is 1. The molecule has 7 nitrogen and oxygen atoms in total. The van der Waals surface area contributed by atoms with Gasteiger partial charge in [-0.1, -0.05) is 17.7 Å². The van der Waals surface area contributed by atoms with Gasteiger partial charge in [0.15, 0.2) is 0 Å². The van der Waals surface area contributed by atoms with Crippen molar-refractivity contribution in [1.29, 1.82) is 0 Å². The Balaban J connectivity index is 1.72. The van der Waals surface area contributed by atoms with Gasteiger partial charge in [0.05, 0.1) is 25.9 Å². The van der Waals surface area contributed by atoms with Crippen LogP contribution in [0.2, 0.25) is 0 Å². The van der Waals surface area contributed by atoms with Crippen LogP contribution in [-0.4, -0.2) is 66.7 Å². The minimum Gasteiger partial charge on any atom is -0.509 e. The zero-order valence-electron chi connectivity index (χ0n) is 18.4. The minimum atomic E-state index is -0.856. The van der Waals surface area contributed by atoms with Crippen molar-refractivity contribution in [2.75, 3.05) is 40.0 Å². The number of ether oxygens (including phenoxy) is 1. The van der Waals surface area contributed by atoms with Gasteiger partial charge in [0.25, 0.3) is 5.91 Å². The van der Waals surface area contributed by atoms with Crippen LogP contribution in [0.4, 0.5) is 0 Å². The molecule has 0 radical (unpaired) electrons. The highest BCUT2D eigenvalue weighted by Crippen LogP contribution is 2.46. The summed E-state index contributed by atoms with van der Waals surface area (Å²) in [5, 5.41) is 14.8. The number of aliphatic hydroxyl groups is 1. The summed E-state index contributed by atoms with van der Waals surface area (Å²) in [5.41, 5.74) is 3.43. The number of piperidine rings is 1. The van der Waals surface area contributed by atoms with E-state index >= 15 is 0 Å². The first-order valence-corrected chi connectivity index (χ1v) is 10.7. The van der Waals surface area contributed by atoms with Crippen molar-refractivity contribution in [3.05, 3.63) is 40.1 Å². The van der Waals surface area contributed by atoms with Crippen LogP contribution >= 0.6 is 0 Å². The second-order valence-electron chi connectivity index (χ2n) is 8.77. The van der Waals surface area contributed by atoms with Crippen molar-refractivity contribution < 1.29 is 24.3 Å². The summed E-state index contributed by atoms with van der Waals surface area (Å²) in [6.07, 6.45) is 2.02. The molecule has 1 unspecified atom stereocenters. The molecule has 0 aliphatic carbocycles. The third-order valence-electron chi connectivity index (χ3n) is 6.66. The van der Waals surface area contributed by atoms with Crippen molar-refractivity contribution in [3.63, 3.8) is 0 Å². The first-order chi connectivity index (χ1) is 14.4. The molecule has 164 valence electrons. The number of nitrogens with zero attached hydrogens (tertiary/aromatic N) is 2. The van der Waals surface area contributed by atoms with E-state index < -0.39 is 5.54 Å². The van der Waals surface area contributed by atoms with Crippen LogP contribution < -0.4 is 0 Å². The van der Waals surface area contributed by atoms with Gasteiger partial charge < -0.3 is 14.7 Å². The Bertz CT molecular complexity index is 828. The predicted octanol–water partition coefficient (Wildman–Crippen LogP) is 3.09. The first-order valence-electron chi connectivity index (χ1n) is 10.7. The maximum Gasteiger partial charge on any atom is 0.282 e. The van der Waals surface area contributed by atoms with Gasteiger partial charge in [-0.15, -0.1) is 0 Å². The maximum absolute atomic E-state index is 13.6. The number of benzene rings is 1. The Hall–Kier alpha value is -1.93. The second-order valence-corrected chi connectivity index (χ2v) is 8.77. The molecule has 3 aliphatic heterocycles. The second kappa shape index (κ2) is 8.30. The fraction of sp³-hybridized carbons (Fsp3) is 0.609. The zero-order valence-corrected chi connectivity index (χ0v) is 18.4. The molecule has 1 aromatic carbocycles. The van der Waals surface area contributed by atoms with Crippen LogP contribution in [0.3, 0.4) is 0 Å². The van der Waals surface area contributed by atoms with E-state index in [0.29, 0.717) is 44.7 Å². The molecule has 1 atom stereocenters. The Kier molecular flexibility index (Phi) is 5.90. The molecule has 2 saturated heterocycles. The molecule has 1 amide bonds. The number of hydroxylamine groups is 4. The molecule has 0 saturated carbocycles. The van der Waals surface area contributed by atoms with Crippen molar-refractivity contribution in [1.82, 2.24) is 10.1 Å². The van der Waals surface area contributed by atoms with Crippen molar-refractivity contribution in [2.24, 2.45) is 5.92 Å². The number of hydrogen-bond acceptors (Lipinski definition) is 6. The van der Waals surface area contributed by atoms with E-state index in [2.05, 4.69) is 12.1 Å². The summed E-state index contributed by atoms with van der Waals surface area (Å²) in [6.45, 7) is 9.02. The van der Waals surface area contributed by atoms with E-state index in [1.54, 1.807) is 7.11 Å². The lowest BCUT2D eigenvalue weighted by atomic mass is 9.85. The summed E-state index contributed by atoms with van der Waals surface area (Å²) >= 11 is 0. The fourth-order valence-electron chi connectivity index (χ4n) is 5.08. The van der Waals surface area contributed by atoms with E-state index in [9.17, 15) is 9.90 Å². The summed E-state index contributed by atoms with van der Waals surface area (Å²) in [7, 11) is 1.65. The molecular formula is C23H32N2O5. The molecule has 4 rings (SSSR count). The van der Waals surface area contributed by atoms with Gasteiger partial charge in [0, 0.05) is 25.6 Å². The summed E-state index contributed by atoms with van der Waals surface area (Å²) < 4.78 is 5.45. The summed E-state index contributed by atoms with van der Waals surface area (Å²) in [6, 6.07) is 4.10. The van der Waals surface area contributed by atoms with Crippen molar-refractivity contribution in [3.8, 4) is 0 Å². The topological polar surface area (TPSA) is 71.5 Å². The van der Waals surface area contributed by atoms with E-state index in [1.165, 1.54) is 5.06 Å². The quantitative estimate of drug-likeness (QED) is 0.795. The van der Waals surface area contributed by atoms with Gasteiger partial charge in [0.1, 0.15) is 11.3 Å². The predicted molar refractivity (Wildman–Crippen MR) is 112 cm³/mol. The van der Waals surface area contributed by atoms with Crippen molar-refractivity contribution in [2.45, 2.75) is 45.6 Å². The number of rotatable bonds is 5. The molecule has 2 fully saturated rings. The molecule has 30 heavy (non-hydrogen) atoms. The number of carbonyl (C=O) groups excluding carboxylic acids is 1. The Labute approximate surface area is 178 Å². The standard InChI is InChI=1S/C23H32N2O5/c1-15-11-16(2)19(17(3)12-15)20-21(26)23(6-8-24(28-4)9-7-23)25(22(20)27)30-14-18-5-10-29-13-18/h11-12,18,26H,5-10,13-14H2,1-4H3. The lowest BCUT2D eigenvalue weighted by Crippen LogP contribution is -2.55. The van der Waals surface area contributed by atoms with E-state index in [1.807, 2.05) is 25.8 Å². The monoisotopic (exact) mass is 416 g/mol. The molecule has 3 heterocycles. The Morgan fingerprint density at radius 1 is 1.20 bits per heavy atom. The molecule has 1 aromatic rings. The largest absolute Gasteiger partial charge is 0.509 e.